The van der Waals surface area contributed by atoms with Gasteiger partial charge in [0.25, 0.3) is 0 Å². The molecule has 0 saturated carbocycles. The van der Waals surface area contributed by atoms with E-state index in [9.17, 15) is 14.7 Å². The highest BCUT2D eigenvalue weighted by molar-refractivity contribution is 5.91. The predicted molar refractivity (Wildman–Crippen MR) is 88.8 cm³/mol. The van der Waals surface area contributed by atoms with Crippen molar-refractivity contribution in [1.29, 1.82) is 0 Å². The third-order valence-corrected chi connectivity index (χ3v) is 3.44. The predicted octanol–water partition coefficient (Wildman–Crippen LogP) is 3.66. The molecule has 0 amide bonds. The van der Waals surface area contributed by atoms with Crippen LogP contribution in [0.5, 0.6) is 5.75 Å². The zero-order valence-electron chi connectivity index (χ0n) is 13.5. The first-order chi connectivity index (χ1) is 11.0. The number of carbonyl (C=O) groups is 1. The van der Waals surface area contributed by atoms with Crippen LogP contribution in [0, 0.1) is 0 Å². The highest BCUT2D eigenvalue weighted by Gasteiger charge is 2.19. The van der Waals surface area contributed by atoms with Crippen LogP contribution in [0.25, 0.3) is 17.0 Å². The van der Waals surface area contributed by atoms with Crippen LogP contribution in [-0.2, 0) is 11.2 Å². The molecule has 1 heterocycles. The maximum absolute atomic E-state index is 12.4. The number of fused-ring (bicyclic) bond motifs is 1. The summed E-state index contributed by atoms with van der Waals surface area (Å²) in [6.45, 7) is 5.65. The summed E-state index contributed by atoms with van der Waals surface area (Å²) in [6.07, 6.45) is 4.80. The van der Waals surface area contributed by atoms with Gasteiger partial charge in [-0.3, -0.25) is 4.79 Å². The van der Waals surface area contributed by atoms with Gasteiger partial charge in [0, 0.05) is 17.2 Å². The molecule has 0 spiro atoms. The molecular formula is C18H20O5. The number of aromatic hydroxyl groups is 1. The van der Waals surface area contributed by atoms with Crippen molar-refractivity contribution in [3.8, 4) is 5.75 Å². The Balaban J connectivity index is 2.80. The molecule has 0 atom stereocenters. The number of allylic oxidation sites excluding steroid dienone is 1. The molecule has 0 aliphatic heterocycles. The molecule has 0 radical (unpaired) electrons. The highest BCUT2D eigenvalue weighted by atomic mass is 16.5. The van der Waals surface area contributed by atoms with Gasteiger partial charge in [-0.25, -0.2) is 4.79 Å². The summed E-state index contributed by atoms with van der Waals surface area (Å²) >= 11 is 0. The van der Waals surface area contributed by atoms with E-state index < -0.39 is 5.97 Å². The second-order valence-corrected chi connectivity index (χ2v) is 5.12. The molecular weight excluding hydrogens is 296 g/mol. The number of hydrogen-bond donors (Lipinski definition) is 1. The maximum atomic E-state index is 12.4. The summed E-state index contributed by atoms with van der Waals surface area (Å²) in [5, 5.41) is 10.8. The number of carbonyl (C=O) groups excluding carboxylic acids is 1. The van der Waals surface area contributed by atoms with Crippen LogP contribution in [0.4, 0.5) is 0 Å². The van der Waals surface area contributed by atoms with E-state index >= 15 is 0 Å². The monoisotopic (exact) mass is 316 g/mol. The van der Waals surface area contributed by atoms with Gasteiger partial charge in [-0.15, -0.1) is 0 Å². The smallest absolute Gasteiger partial charge is 0.374 e. The average molecular weight is 316 g/mol. The lowest BCUT2D eigenvalue weighted by molar-refractivity contribution is 0.0490. The third kappa shape index (κ3) is 3.28. The van der Waals surface area contributed by atoms with E-state index in [1.165, 1.54) is 0 Å². The van der Waals surface area contributed by atoms with Crippen LogP contribution in [-0.4, -0.2) is 17.7 Å². The number of phenolic OH excluding ortho intramolecular Hbond substituents is 1. The Kier molecular flexibility index (Phi) is 5.21. The molecule has 2 rings (SSSR count). The highest BCUT2D eigenvalue weighted by Crippen LogP contribution is 2.32. The number of aryl methyl sites for hydroxylation is 1. The van der Waals surface area contributed by atoms with Gasteiger partial charge in [-0.05, 0) is 26.3 Å². The summed E-state index contributed by atoms with van der Waals surface area (Å²) in [7, 11) is 0. The van der Waals surface area contributed by atoms with Crippen LogP contribution >= 0.6 is 0 Å². The van der Waals surface area contributed by atoms with Gasteiger partial charge in [0.2, 0.25) is 5.76 Å². The van der Waals surface area contributed by atoms with E-state index in [0.29, 0.717) is 22.9 Å². The first-order valence-corrected chi connectivity index (χ1v) is 7.65. The van der Waals surface area contributed by atoms with Crippen LogP contribution < -0.4 is 5.43 Å². The van der Waals surface area contributed by atoms with Crippen molar-refractivity contribution in [3.63, 3.8) is 0 Å². The zero-order chi connectivity index (χ0) is 17.0. The summed E-state index contributed by atoms with van der Waals surface area (Å²) in [5.74, 6) is -0.771. The number of rotatable bonds is 5. The van der Waals surface area contributed by atoms with Crippen molar-refractivity contribution in [2.45, 2.75) is 33.6 Å². The Morgan fingerprint density at radius 1 is 1.35 bits per heavy atom. The second-order valence-electron chi connectivity index (χ2n) is 5.12. The fourth-order valence-electron chi connectivity index (χ4n) is 2.46. The summed E-state index contributed by atoms with van der Waals surface area (Å²) < 4.78 is 10.5. The third-order valence-electron chi connectivity index (χ3n) is 3.44. The van der Waals surface area contributed by atoms with Crippen molar-refractivity contribution >= 4 is 23.0 Å². The fourth-order valence-corrected chi connectivity index (χ4v) is 2.46. The van der Waals surface area contributed by atoms with E-state index in [0.717, 1.165) is 12.5 Å². The largest absolute Gasteiger partial charge is 0.507 e. The van der Waals surface area contributed by atoms with Gasteiger partial charge in [-0.2, -0.15) is 0 Å². The molecule has 1 aromatic heterocycles. The minimum atomic E-state index is -0.689. The average Bonchev–Trinajstić information content (AvgIpc) is 2.52. The van der Waals surface area contributed by atoms with E-state index in [4.69, 9.17) is 9.15 Å². The molecule has 5 nitrogen and oxygen atoms in total. The maximum Gasteiger partial charge on any atom is 0.374 e. The Labute approximate surface area is 134 Å². The van der Waals surface area contributed by atoms with Gasteiger partial charge in [-0.1, -0.05) is 25.5 Å². The van der Waals surface area contributed by atoms with E-state index in [-0.39, 0.29) is 29.1 Å². The molecule has 0 fully saturated rings. The molecule has 1 aromatic carbocycles. The number of esters is 1. The molecule has 0 saturated heterocycles. The van der Waals surface area contributed by atoms with Crippen LogP contribution in [0.2, 0.25) is 0 Å². The van der Waals surface area contributed by atoms with Crippen molar-refractivity contribution in [3.05, 3.63) is 45.3 Å². The number of benzene rings is 1. The minimum absolute atomic E-state index is 0.0709. The SMILES string of the molecule is CC=Cc1cc2c(=O)cc(C(=O)OCC)oc2c(CCC)c1O. The van der Waals surface area contributed by atoms with E-state index in [1.54, 1.807) is 25.1 Å². The molecule has 0 bridgehead atoms. The summed E-state index contributed by atoms with van der Waals surface area (Å²) in [5.41, 5.74) is 0.992. The first kappa shape index (κ1) is 16.8. The Bertz CT molecular complexity index is 814. The quantitative estimate of drug-likeness (QED) is 0.852. The molecule has 0 aliphatic rings. The molecule has 5 heteroatoms. The lowest BCUT2D eigenvalue weighted by Gasteiger charge is -2.11. The van der Waals surface area contributed by atoms with Gasteiger partial charge in [0.05, 0.1) is 12.0 Å². The van der Waals surface area contributed by atoms with Gasteiger partial charge in [0.1, 0.15) is 11.3 Å². The van der Waals surface area contributed by atoms with Gasteiger partial charge >= 0.3 is 5.97 Å². The Hall–Kier alpha value is -2.56. The fraction of sp³-hybridized carbons (Fsp3) is 0.333. The lowest BCUT2D eigenvalue weighted by atomic mass is 10.00. The second kappa shape index (κ2) is 7.13. The minimum Gasteiger partial charge on any atom is -0.507 e. The van der Waals surface area contributed by atoms with Crippen molar-refractivity contribution in [2.24, 2.45) is 0 Å². The normalized spacial score (nSPS) is 11.3. The van der Waals surface area contributed by atoms with Crippen LogP contribution in [0.15, 0.2) is 27.4 Å². The molecule has 122 valence electrons. The standard InChI is InChI=1S/C18H20O5/c1-4-7-11-9-13-14(19)10-15(18(21)22-6-3)23-17(13)12(8-5-2)16(11)20/h4,7,9-10,20H,5-6,8H2,1-3H3. The Morgan fingerprint density at radius 2 is 2.09 bits per heavy atom. The molecule has 0 unspecified atom stereocenters. The van der Waals surface area contributed by atoms with Crippen LogP contribution in [0.3, 0.4) is 0 Å². The molecule has 0 aliphatic carbocycles. The lowest BCUT2D eigenvalue weighted by Crippen LogP contribution is -2.11. The first-order valence-electron chi connectivity index (χ1n) is 7.65. The van der Waals surface area contributed by atoms with E-state index in [2.05, 4.69) is 0 Å². The van der Waals surface area contributed by atoms with Gasteiger partial charge < -0.3 is 14.3 Å². The zero-order valence-corrected chi connectivity index (χ0v) is 13.5. The van der Waals surface area contributed by atoms with Crippen molar-refractivity contribution in [2.75, 3.05) is 6.61 Å². The van der Waals surface area contributed by atoms with E-state index in [1.807, 2.05) is 13.8 Å². The Morgan fingerprint density at radius 3 is 2.70 bits per heavy atom. The molecule has 1 N–H and O–H groups in total. The topological polar surface area (TPSA) is 76.7 Å². The summed E-state index contributed by atoms with van der Waals surface area (Å²) in [4.78, 5) is 24.2. The molecule has 23 heavy (non-hydrogen) atoms. The van der Waals surface area contributed by atoms with Gasteiger partial charge in [0.15, 0.2) is 5.43 Å². The van der Waals surface area contributed by atoms with Crippen molar-refractivity contribution in [1.82, 2.24) is 0 Å². The number of hydrogen-bond acceptors (Lipinski definition) is 5. The number of phenols is 1. The summed E-state index contributed by atoms with van der Waals surface area (Å²) in [6, 6.07) is 2.71. The number of ether oxygens (including phenoxy) is 1. The van der Waals surface area contributed by atoms with Crippen LogP contribution in [0.1, 0.15) is 48.9 Å². The van der Waals surface area contributed by atoms with Crippen molar-refractivity contribution < 1.29 is 19.1 Å². The molecule has 2 aromatic rings.